The van der Waals surface area contributed by atoms with Crippen LogP contribution in [0.15, 0.2) is 12.2 Å². The lowest BCUT2D eigenvalue weighted by Crippen LogP contribution is -2.08. The van der Waals surface area contributed by atoms with E-state index in [1.807, 2.05) is 0 Å². The van der Waals surface area contributed by atoms with Gasteiger partial charge >= 0.3 is 0 Å². The van der Waals surface area contributed by atoms with Crippen molar-refractivity contribution in [1.82, 2.24) is 0 Å². The summed E-state index contributed by atoms with van der Waals surface area (Å²) < 4.78 is 0. The topological polar surface area (TPSA) is 0 Å². The van der Waals surface area contributed by atoms with E-state index in [1.165, 1.54) is 89.9 Å². The molecule has 0 fully saturated rings. The molecular formula is C24H46. The summed E-state index contributed by atoms with van der Waals surface area (Å²) in [5.41, 5.74) is 0. The Balaban J connectivity index is 3.35. The highest BCUT2D eigenvalue weighted by molar-refractivity contribution is 4.81. The molecule has 0 N–H and O–H groups in total. The molecule has 0 aliphatic carbocycles. The first-order chi connectivity index (χ1) is 11.7. The van der Waals surface area contributed by atoms with Crippen LogP contribution in [-0.2, 0) is 0 Å². The van der Waals surface area contributed by atoms with Crippen molar-refractivity contribution in [2.24, 2.45) is 11.8 Å². The molecule has 0 aromatic rings. The zero-order valence-electron chi connectivity index (χ0n) is 17.0. The largest absolute Gasteiger partial charge is 0.0885 e. The van der Waals surface area contributed by atoms with Crippen molar-refractivity contribution in [2.75, 3.05) is 0 Å². The Morgan fingerprint density at radius 3 is 1.54 bits per heavy atom. The minimum Gasteiger partial charge on any atom is -0.0885 e. The molecule has 2 unspecified atom stereocenters. The molecule has 2 atom stereocenters. The summed E-state index contributed by atoms with van der Waals surface area (Å²) in [6.07, 6.45) is 26.2. The first-order valence-corrected chi connectivity index (χ1v) is 11.0. The summed E-state index contributed by atoms with van der Waals surface area (Å²) in [5.74, 6) is 1.83. The molecule has 142 valence electrons. The standard InChI is InChI=1S/C24H46/c1-5-7-9-11-13-14-15-16-18-20-22-24(4)23(3)21-19-17-12-10-8-6-2/h7,9,23-24H,1-2,5-6,8,10-22H2,3-4H3/b9-7+. The molecule has 0 spiro atoms. The van der Waals surface area contributed by atoms with Gasteiger partial charge in [-0.25, -0.2) is 0 Å². The minimum atomic E-state index is 0.914. The van der Waals surface area contributed by atoms with Crippen LogP contribution in [0, 0.1) is 25.7 Å². The second kappa shape index (κ2) is 19.1. The van der Waals surface area contributed by atoms with Gasteiger partial charge in [0.1, 0.15) is 0 Å². The molecule has 0 heteroatoms. The van der Waals surface area contributed by atoms with Crippen molar-refractivity contribution in [3.05, 3.63) is 26.0 Å². The number of unbranched alkanes of at least 4 members (excludes halogenated alkanes) is 11. The fraction of sp³-hybridized carbons (Fsp3) is 0.833. The molecule has 0 amide bonds. The summed E-state index contributed by atoms with van der Waals surface area (Å²) in [6, 6.07) is 0. The van der Waals surface area contributed by atoms with Crippen molar-refractivity contribution in [1.29, 1.82) is 0 Å². The highest BCUT2D eigenvalue weighted by Crippen LogP contribution is 2.24. The third-order valence-electron chi connectivity index (χ3n) is 5.49. The van der Waals surface area contributed by atoms with E-state index in [-0.39, 0.29) is 0 Å². The molecule has 0 aromatic heterocycles. The van der Waals surface area contributed by atoms with E-state index in [4.69, 9.17) is 0 Å². The van der Waals surface area contributed by atoms with Crippen LogP contribution in [0.5, 0.6) is 0 Å². The molecule has 0 aliphatic heterocycles. The Labute approximate surface area is 154 Å². The van der Waals surface area contributed by atoms with Crippen LogP contribution in [0.2, 0.25) is 0 Å². The minimum absolute atomic E-state index is 0.914. The highest BCUT2D eigenvalue weighted by atomic mass is 14.2. The van der Waals surface area contributed by atoms with Crippen molar-refractivity contribution >= 4 is 0 Å². The van der Waals surface area contributed by atoms with Crippen molar-refractivity contribution in [3.63, 3.8) is 0 Å². The number of hydrogen-bond acceptors (Lipinski definition) is 0. The predicted molar refractivity (Wildman–Crippen MR) is 112 cm³/mol. The van der Waals surface area contributed by atoms with Gasteiger partial charge in [0.05, 0.1) is 0 Å². The second-order valence-corrected chi connectivity index (χ2v) is 7.82. The van der Waals surface area contributed by atoms with E-state index >= 15 is 0 Å². The van der Waals surface area contributed by atoms with Crippen molar-refractivity contribution in [2.45, 2.75) is 117 Å². The number of rotatable bonds is 18. The van der Waals surface area contributed by atoms with E-state index in [0.29, 0.717) is 0 Å². The van der Waals surface area contributed by atoms with E-state index in [9.17, 15) is 0 Å². The molecule has 0 aromatic carbocycles. The molecule has 0 nitrogen and oxygen atoms in total. The van der Waals surface area contributed by atoms with Gasteiger partial charge in [-0.1, -0.05) is 116 Å². The third kappa shape index (κ3) is 16.6. The summed E-state index contributed by atoms with van der Waals surface area (Å²) >= 11 is 0. The Bertz CT molecular complexity index is 253. The molecule has 0 bridgehead atoms. The fourth-order valence-corrected chi connectivity index (χ4v) is 3.41. The normalized spacial score (nSPS) is 14.3. The number of allylic oxidation sites excluding steroid dienone is 2. The molecule has 0 saturated carbocycles. The third-order valence-corrected chi connectivity index (χ3v) is 5.49. The maximum absolute atomic E-state index is 3.92. The van der Waals surface area contributed by atoms with Crippen LogP contribution in [0.4, 0.5) is 0 Å². The first kappa shape index (κ1) is 23.7. The SMILES string of the molecule is [CH2]C/C=C/CCCCCCCCC(C)C(C)CCCCCCC[CH2]. The van der Waals surface area contributed by atoms with Gasteiger partial charge < -0.3 is 0 Å². The Kier molecular flexibility index (Phi) is 18.9. The average molecular weight is 335 g/mol. The van der Waals surface area contributed by atoms with Crippen LogP contribution in [0.3, 0.4) is 0 Å². The summed E-state index contributed by atoms with van der Waals surface area (Å²) in [5, 5.41) is 0. The molecule has 2 radical (unpaired) electrons. The van der Waals surface area contributed by atoms with Crippen LogP contribution in [0.25, 0.3) is 0 Å². The Hall–Kier alpha value is -0.260. The average Bonchev–Trinajstić information content (AvgIpc) is 2.59. The van der Waals surface area contributed by atoms with Gasteiger partial charge in [0.15, 0.2) is 0 Å². The summed E-state index contributed by atoms with van der Waals surface area (Å²) in [7, 11) is 0. The summed E-state index contributed by atoms with van der Waals surface area (Å²) in [6.45, 7) is 12.7. The monoisotopic (exact) mass is 334 g/mol. The summed E-state index contributed by atoms with van der Waals surface area (Å²) in [4.78, 5) is 0. The van der Waals surface area contributed by atoms with Gasteiger partial charge in [-0.05, 0) is 38.0 Å². The highest BCUT2D eigenvalue weighted by Gasteiger charge is 2.11. The maximum Gasteiger partial charge on any atom is -0.0351 e. The Morgan fingerprint density at radius 1 is 0.583 bits per heavy atom. The zero-order chi connectivity index (χ0) is 17.9. The van der Waals surface area contributed by atoms with Crippen molar-refractivity contribution in [3.8, 4) is 0 Å². The van der Waals surface area contributed by atoms with Gasteiger partial charge in [-0.2, -0.15) is 0 Å². The zero-order valence-corrected chi connectivity index (χ0v) is 17.0. The molecule has 0 aliphatic rings. The Morgan fingerprint density at radius 2 is 1.04 bits per heavy atom. The fourth-order valence-electron chi connectivity index (χ4n) is 3.41. The lowest BCUT2D eigenvalue weighted by Gasteiger charge is -2.19. The smallest absolute Gasteiger partial charge is 0.0351 e. The quantitative estimate of drug-likeness (QED) is 0.174. The van der Waals surface area contributed by atoms with E-state index < -0.39 is 0 Å². The first-order valence-electron chi connectivity index (χ1n) is 11.0. The van der Waals surface area contributed by atoms with Gasteiger partial charge in [-0.3, -0.25) is 0 Å². The van der Waals surface area contributed by atoms with Crippen LogP contribution >= 0.6 is 0 Å². The molecular weight excluding hydrogens is 288 g/mol. The van der Waals surface area contributed by atoms with Crippen LogP contribution < -0.4 is 0 Å². The molecule has 24 heavy (non-hydrogen) atoms. The van der Waals surface area contributed by atoms with Gasteiger partial charge in [0.2, 0.25) is 0 Å². The van der Waals surface area contributed by atoms with Crippen LogP contribution in [-0.4, -0.2) is 0 Å². The lowest BCUT2D eigenvalue weighted by molar-refractivity contribution is 0.322. The van der Waals surface area contributed by atoms with Crippen LogP contribution in [0.1, 0.15) is 117 Å². The second-order valence-electron chi connectivity index (χ2n) is 7.82. The molecule has 0 heterocycles. The van der Waals surface area contributed by atoms with E-state index in [0.717, 1.165) is 24.7 Å². The van der Waals surface area contributed by atoms with E-state index in [1.54, 1.807) is 0 Å². The van der Waals surface area contributed by atoms with Crippen molar-refractivity contribution < 1.29 is 0 Å². The van der Waals surface area contributed by atoms with Gasteiger partial charge in [0.25, 0.3) is 0 Å². The predicted octanol–water partition coefficient (Wildman–Crippen LogP) is 8.72. The van der Waals surface area contributed by atoms with Gasteiger partial charge in [0, 0.05) is 0 Å². The lowest BCUT2D eigenvalue weighted by atomic mass is 9.86. The van der Waals surface area contributed by atoms with Gasteiger partial charge in [-0.15, -0.1) is 0 Å². The van der Waals surface area contributed by atoms with E-state index in [2.05, 4.69) is 39.8 Å². The molecule has 0 rings (SSSR count). The molecule has 0 saturated heterocycles. The maximum atomic E-state index is 3.92. The number of hydrogen-bond donors (Lipinski definition) is 0.